The number of ether oxygens (including phenoxy) is 2. The van der Waals surface area contributed by atoms with Gasteiger partial charge in [-0.3, -0.25) is 4.79 Å². The van der Waals surface area contributed by atoms with E-state index in [9.17, 15) is 4.79 Å². The topological polar surface area (TPSA) is 35.5 Å². The number of likely N-dealkylation sites (tertiary alicyclic amines) is 1. The summed E-state index contributed by atoms with van der Waals surface area (Å²) in [6.07, 6.45) is 6.60. The molecule has 0 N–H and O–H groups in total. The zero-order valence-electron chi connectivity index (χ0n) is 16.8. The number of nitrogens with zero attached hydrogens (tertiary/aromatic N) is 1. The van der Waals surface area contributed by atoms with Gasteiger partial charge < -0.3 is 14.0 Å². The highest BCUT2D eigenvalue weighted by Gasteiger charge is 2.46. The quantitative estimate of drug-likeness (QED) is 0.590. The van der Waals surface area contributed by atoms with E-state index in [2.05, 4.69) is 21.0 Å². The second-order valence-electron chi connectivity index (χ2n) is 8.90. The number of carbonyl (C=O) groups is 1. The van der Waals surface area contributed by atoms with E-state index >= 15 is 0 Å². The number of methoxy groups -OCH3 is 1. The zero-order chi connectivity index (χ0) is 18.8. The van der Waals surface area contributed by atoms with Gasteiger partial charge in [0, 0.05) is 12.8 Å². The van der Waals surface area contributed by atoms with Gasteiger partial charge in [0.05, 0.1) is 39.7 Å². The van der Waals surface area contributed by atoms with Gasteiger partial charge in [-0.25, -0.2) is 0 Å². The molecule has 26 heavy (non-hydrogen) atoms. The van der Waals surface area contributed by atoms with E-state index in [0.29, 0.717) is 5.92 Å². The molecule has 3 rings (SSSR count). The van der Waals surface area contributed by atoms with Crippen molar-refractivity contribution in [2.75, 3.05) is 34.3 Å². The van der Waals surface area contributed by atoms with Crippen molar-refractivity contribution in [3.63, 3.8) is 0 Å². The molecule has 0 amide bonds. The molecule has 0 radical (unpaired) electrons. The van der Waals surface area contributed by atoms with Gasteiger partial charge in [0.1, 0.15) is 11.9 Å². The van der Waals surface area contributed by atoms with Crippen LogP contribution in [0.4, 0.5) is 0 Å². The van der Waals surface area contributed by atoms with Crippen LogP contribution in [0.1, 0.15) is 51.0 Å². The molecule has 1 heterocycles. The Bertz CT molecular complexity index is 609. The van der Waals surface area contributed by atoms with Crippen LogP contribution in [0.25, 0.3) is 0 Å². The first kappa shape index (κ1) is 19.2. The highest BCUT2D eigenvalue weighted by atomic mass is 16.5. The molecule has 1 saturated carbocycles. The van der Waals surface area contributed by atoms with E-state index in [-0.39, 0.29) is 12.1 Å². The molecule has 0 spiro atoms. The maximum atomic E-state index is 13.4. The zero-order valence-corrected chi connectivity index (χ0v) is 16.8. The monoisotopic (exact) mass is 360 g/mol. The third kappa shape index (κ3) is 3.90. The normalized spacial score (nSPS) is 23.4. The van der Waals surface area contributed by atoms with Crippen LogP contribution in [0, 0.1) is 5.92 Å². The maximum Gasteiger partial charge on any atom is 0.316 e. The van der Waals surface area contributed by atoms with E-state index in [0.717, 1.165) is 54.6 Å². The Morgan fingerprint density at radius 2 is 1.62 bits per heavy atom. The molecule has 0 aromatic heterocycles. The number of esters is 1. The third-order valence-corrected chi connectivity index (χ3v) is 6.67. The van der Waals surface area contributed by atoms with E-state index in [4.69, 9.17) is 9.47 Å². The summed E-state index contributed by atoms with van der Waals surface area (Å²) in [5, 5.41) is 0. The number of hydrogen-bond acceptors (Lipinski definition) is 3. The second kappa shape index (κ2) is 7.59. The Kier molecular flexibility index (Phi) is 5.61. The van der Waals surface area contributed by atoms with Crippen molar-refractivity contribution in [1.82, 2.24) is 0 Å². The van der Waals surface area contributed by atoms with Crippen LogP contribution in [-0.4, -0.2) is 50.9 Å². The predicted molar refractivity (Wildman–Crippen MR) is 103 cm³/mol. The van der Waals surface area contributed by atoms with Crippen LogP contribution in [0.5, 0.6) is 5.75 Å². The predicted octanol–water partition coefficient (Wildman–Crippen LogP) is 3.93. The number of rotatable bonds is 5. The Morgan fingerprint density at radius 3 is 2.15 bits per heavy atom. The lowest BCUT2D eigenvalue weighted by Crippen LogP contribution is -2.50. The first-order valence-corrected chi connectivity index (χ1v) is 10.0. The number of carbonyl (C=O) groups excluding carboxylic acids is 1. The van der Waals surface area contributed by atoms with Crippen LogP contribution in [0.3, 0.4) is 0 Å². The fourth-order valence-electron chi connectivity index (χ4n) is 4.60. The molecule has 2 fully saturated rings. The van der Waals surface area contributed by atoms with E-state index in [1.807, 2.05) is 24.3 Å². The number of benzene rings is 1. The van der Waals surface area contributed by atoms with E-state index in [1.54, 1.807) is 7.11 Å². The summed E-state index contributed by atoms with van der Waals surface area (Å²) in [5.41, 5.74) is 0.493. The van der Waals surface area contributed by atoms with Crippen molar-refractivity contribution in [3.8, 4) is 5.75 Å². The smallest absolute Gasteiger partial charge is 0.316 e. The molecule has 1 saturated heterocycles. The highest BCUT2D eigenvalue weighted by molar-refractivity contribution is 5.83. The summed E-state index contributed by atoms with van der Waals surface area (Å²) in [6.45, 7) is 4.23. The van der Waals surface area contributed by atoms with Crippen molar-refractivity contribution in [2.45, 2.75) is 57.0 Å². The molecule has 1 unspecified atom stereocenters. The average Bonchev–Trinajstić information content (AvgIpc) is 3.18. The van der Waals surface area contributed by atoms with Gasteiger partial charge in [-0.15, -0.1) is 0 Å². The van der Waals surface area contributed by atoms with E-state index in [1.165, 1.54) is 12.8 Å². The van der Waals surface area contributed by atoms with Crippen molar-refractivity contribution >= 4 is 5.97 Å². The molecule has 1 atom stereocenters. The molecule has 2 aliphatic rings. The fourth-order valence-corrected chi connectivity index (χ4v) is 4.60. The Labute approximate surface area is 158 Å². The minimum atomic E-state index is -0.565. The van der Waals surface area contributed by atoms with Crippen molar-refractivity contribution in [3.05, 3.63) is 29.8 Å². The molecule has 1 aliphatic heterocycles. The van der Waals surface area contributed by atoms with Gasteiger partial charge in [-0.2, -0.15) is 0 Å². The third-order valence-electron chi connectivity index (χ3n) is 6.67. The second-order valence-corrected chi connectivity index (χ2v) is 8.90. The van der Waals surface area contributed by atoms with Gasteiger partial charge in [-0.1, -0.05) is 25.0 Å². The summed E-state index contributed by atoms with van der Waals surface area (Å²) in [6, 6.07) is 7.99. The van der Waals surface area contributed by atoms with Crippen LogP contribution in [0.2, 0.25) is 0 Å². The summed E-state index contributed by atoms with van der Waals surface area (Å²) in [5.74, 6) is 1.15. The van der Waals surface area contributed by atoms with Crippen molar-refractivity contribution < 1.29 is 18.8 Å². The van der Waals surface area contributed by atoms with Crippen molar-refractivity contribution in [1.29, 1.82) is 0 Å². The Hall–Kier alpha value is -1.55. The van der Waals surface area contributed by atoms with Crippen LogP contribution < -0.4 is 4.74 Å². The maximum absolute atomic E-state index is 13.4. The number of hydrogen-bond donors (Lipinski definition) is 0. The minimum Gasteiger partial charge on any atom is -0.497 e. The van der Waals surface area contributed by atoms with Crippen LogP contribution >= 0.6 is 0 Å². The summed E-state index contributed by atoms with van der Waals surface area (Å²) >= 11 is 0. The van der Waals surface area contributed by atoms with Gasteiger partial charge in [0.2, 0.25) is 0 Å². The molecule has 4 heteroatoms. The Balaban J connectivity index is 1.79. The molecule has 1 aliphatic carbocycles. The van der Waals surface area contributed by atoms with E-state index < -0.39 is 5.41 Å². The molecular weight excluding hydrogens is 326 g/mol. The molecule has 0 bridgehead atoms. The number of piperidine rings is 1. The summed E-state index contributed by atoms with van der Waals surface area (Å²) in [4.78, 5) is 13.4. The van der Waals surface area contributed by atoms with Gasteiger partial charge in [0.25, 0.3) is 0 Å². The van der Waals surface area contributed by atoms with Crippen molar-refractivity contribution in [2.24, 2.45) is 5.92 Å². The largest absolute Gasteiger partial charge is 0.497 e. The van der Waals surface area contributed by atoms with Gasteiger partial charge >= 0.3 is 5.97 Å². The summed E-state index contributed by atoms with van der Waals surface area (Å²) in [7, 11) is 6.17. The fraction of sp³-hybridized carbons (Fsp3) is 0.682. The molecule has 1 aromatic rings. The standard InChI is InChI=1S/C22H34NO3/c1-22(17-7-5-6-8-17,18-9-11-19(25-4)12-10-18)21(24)26-20-13-15-23(2,3)16-14-20/h9-12,17,20H,5-8,13-16H2,1-4H3/q+1. The Morgan fingerprint density at radius 1 is 1.04 bits per heavy atom. The lowest BCUT2D eigenvalue weighted by molar-refractivity contribution is -0.896. The molecule has 144 valence electrons. The SMILES string of the molecule is COc1ccc(C(C)(C(=O)OC2CC[N+](C)(C)CC2)C2CCCC2)cc1. The average molecular weight is 361 g/mol. The first-order valence-electron chi connectivity index (χ1n) is 10.0. The van der Waals surface area contributed by atoms with Gasteiger partial charge in [-0.05, 0) is 43.4 Å². The highest BCUT2D eigenvalue weighted by Crippen LogP contribution is 2.44. The minimum absolute atomic E-state index is 0.0354. The first-order chi connectivity index (χ1) is 12.3. The summed E-state index contributed by atoms with van der Waals surface area (Å²) < 4.78 is 12.4. The molecular formula is C22H34NO3+. The van der Waals surface area contributed by atoms with Crippen LogP contribution in [-0.2, 0) is 14.9 Å². The van der Waals surface area contributed by atoms with Crippen LogP contribution in [0.15, 0.2) is 24.3 Å². The molecule has 1 aromatic carbocycles. The number of quaternary nitrogens is 1. The lowest BCUT2D eigenvalue weighted by Gasteiger charge is -2.39. The molecule has 4 nitrogen and oxygen atoms in total. The lowest BCUT2D eigenvalue weighted by atomic mass is 9.71. The van der Waals surface area contributed by atoms with Gasteiger partial charge in [0.15, 0.2) is 0 Å².